The maximum Gasteiger partial charge on any atom is 0.258 e. The molecule has 1 atom stereocenters. The van der Waals surface area contributed by atoms with Gasteiger partial charge < -0.3 is 15.5 Å². The molecule has 1 aromatic rings. The molecule has 1 aliphatic rings. The zero-order chi connectivity index (χ0) is 13.3. The van der Waals surface area contributed by atoms with E-state index < -0.39 is 23.0 Å². The van der Waals surface area contributed by atoms with Crippen LogP contribution in [0.25, 0.3) is 0 Å². The molecule has 1 saturated carbocycles. The zero-order valence-electron chi connectivity index (χ0n) is 10.1. The van der Waals surface area contributed by atoms with Gasteiger partial charge in [-0.1, -0.05) is 6.07 Å². The van der Waals surface area contributed by atoms with Crippen LogP contribution < -0.4 is 5.32 Å². The minimum Gasteiger partial charge on any atom is -0.507 e. The van der Waals surface area contributed by atoms with Gasteiger partial charge in [0.2, 0.25) is 0 Å². The van der Waals surface area contributed by atoms with E-state index in [1.807, 2.05) is 0 Å². The number of aliphatic hydroxyl groups is 1. The third-order valence-electron chi connectivity index (χ3n) is 3.42. The van der Waals surface area contributed by atoms with Crippen molar-refractivity contribution in [1.82, 2.24) is 5.32 Å². The van der Waals surface area contributed by atoms with Crippen molar-refractivity contribution >= 4 is 5.91 Å². The molecule has 0 bridgehead atoms. The Bertz CT molecular complexity index is 453. The van der Waals surface area contributed by atoms with Crippen molar-refractivity contribution in [3.8, 4) is 5.75 Å². The van der Waals surface area contributed by atoms with Gasteiger partial charge >= 0.3 is 0 Å². The Kier molecular flexibility index (Phi) is 3.26. The second-order valence-corrected chi connectivity index (χ2v) is 4.94. The molecule has 0 spiro atoms. The van der Waals surface area contributed by atoms with Crippen LogP contribution >= 0.6 is 0 Å². The Morgan fingerprint density at radius 3 is 2.72 bits per heavy atom. The molecule has 0 saturated heterocycles. The van der Waals surface area contributed by atoms with E-state index in [1.54, 1.807) is 6.92 Å². The van der Waals surface area contributed by atoms with Crippen LogP contribution in [0.3, 0.4) is 0 Å². The van der Waals surface area contributed by atoms with Crippen LogP contribution in [-0.2, 0) is 0 Å². The van der Waals surface area contributed by atoms with Gasteiger partial charge in [-0.05, 0) is 37.8 Å². The van der Waals surface area contributed by atoms with E-state index in [0.717, 1.165) is 18.9 Å². The molecule has 18 heavy (non-hydrogen) atoms. The monoisotopic (exact) mass is 253 g/mol. The number of phenolic OH excluding ortho intramolecular Hbond substituents is 1. The van der Waals surface area contributed by atoms with Crippen LogP contribution in [0.1, 0.15) is 30.1 Å². The van der Waals surface area contributed by atoms with Gasteiger partial charge in [-0.2, -0.15) is 0 Å². The average Bonchev–Trinajstić information content (AvgIpc) is 3.12. The Morgan fingerprint density at radius 2 is 2.22 bits per heavy atom. The van der Waals surface area contributed by atoms with Gasteiger partial charge in [-0.15, -0.1) is 0 Å². The lowest BCUT2D eigenvalue weighted by Crippen LogP contribution is -2.50. The highest BCUT2D eigenvalue weighted by molar-refractivity contribution is 5.97. The number of phenols is 1. The Balaban J connectivity index is 2.21. The highest BCUT2D eigenvalue weighted by atomic mass is 19.1. The van der Waals surface area contributed by atoms with Crippen LogP contribution in [0.15, 0.2) is 18.2 Å². The minimum atomic E-state index is -0.774. The molecule has 3 N–H and O–H groups in total. The molecule has 1 amide bonds. The lowest BCUT2D eigenvalue weighted by molar-refractivity contribution is 0.0817. The molecular formula is C13H16FNO3. The second-order valence-electron chi connectivity index (χ2n) is 4.94. The fourth-order valence-electron chi connectivity index (χ4n) is 2.05. The van der Waals surface area contributed by atoms with E-state index in [-0.39, 0.29) is 18.1 Å². The molecule has 98 valence electrons. The molecule has 0 aliphatic heterocycles. The number of aliphatic hydroxyl groups excluding tert-OH is 1. The van der Waals surface area contributed by atoms with Crippen molar-refractivity contribution in [2.75, 3.05) is 6.61 Å². The zero-order valence-corrected chi connectivity index (χ0v) is 10.1. The molecule has 1 aromatic carbocycles. The molecule has 0 aromatic heterocycles. The van der Waals surface area contributed by atoms with E-state index in [4.69, 9.17) is 0 Å². The standard InChI is InChI=1S/C13H16FNO3/c1-13(7-16,8-5-6-8)15-12(18)11-9(14)3-2-4-10(11)17/h2-4,8,16-17H,5-7H2,1H3,(H,15,18)/t13-/m1/s1. The number of aromatic hydroxyl groups is 1. The van der Waals surface area contributed by atoms with Crippen molar-refractivity contribution in [2.45, 2.75) is 25.3 Å². The van der Waals surface area contributed by atoms with Crippen molar-refractivity contribution < 1.29 is 19.4 Å². The number of carbonyl (C=O) groups excluding carboxylic acids is 1. The Morgan fingerprint density at radius 1 is 1.56 bits per heavy atom. The molecule has 0 radical (unpaired) electrons. The first-order chi connectivity index (χ1) is 8.48. The summed E-state index contributed by atoms with van der Waals surface area (Å²) in [5.74, 6) is -1.67. The lowest BCUT2D eigenvalue weighted by Gasteiger charge is -2.28. The van der Waals surface area contributed by atoms with Crippen LogP contribution in [0, 0.1) is 11.7 Å². The van der Waals surface area contributed by atoms with Crippen molar-refractivity contribution in [2.24, 2.45) is 5.92 Å². The molecule has 1 aliphatic carbocycles. The topological polar surface area (TPSA) is 69.6 Å². The summed E-state index contributed by atoms with van der Waals surface area (Å²) in [7, 11) is 0. The number of hydrogen-bond donors (Lipinski definition) is 3. The van der Waals surface area contributed by atoms with Crippen molar-refractivity contribution in [3.05, 3.63) is 29.6 Å². The second kappa shape index (κ2) is 4.57. The third kappa shape index (κ3) is 2.31. The quantitative estimate of drug-likeness (QED) is 0.760. The number of halogens is 1. The van der Waals surface area contributed by atoms with Gasteiger partial charge in [-0.3, -0.25) is 4.79 Å². The first kappa shape index (κ1) is 12.8. The van der Waals surface area contributed by atoms with Crippen LogP contribution in [0.4, 0.5) is 4.39 Å². The summed E-state index contributed by atoms with van der Waals surface area (Å²) >= 11 is 0. The predicted molar refractivity (Wildman–Crippen MR) is 63.7 cm³/mol. The summed E-state index contributed by atoms with van der Waals surface area (Å²) in [5.41, 5.74) is -1.14. The number of carbonyl (C=O) groups is 1. The number of nitrogens with one attached hydrogen (secondary N) is 1. The van der Waals surface area contributed by atoms with E-state index in [1.165, 1.54) is 12.1 Å². The lowest BCUT2D eigenvalue weighted by atomic mass is 9.96. The summed E-state index contributed by atoms with van der Waals surface area (Å²) in [5, 5.41) is 21.5. The van der Waals surface area contributed by atoms with Crippen LogP contribution in [-0.4, -0.2) is 28.3 Å². The van der Waals surface area contributed by atoms with E-state index in [2.05, 4.69) is 5.32 Å². The molecular weight excluding hydrogens is 237 g/mol. The van der Waals surface area contributed by atoms with Gasteiger partial charge in [0, 0.05) is 0 Å². The molecule has 0 heterocycles. The van der Waals surface area contributed by atoms with Gasteiger partial charge in [0.15, 0.2) is 0 Å². The number of benzene rings is 1. The summed E-state index contributed by atoms with van der Waals surface area (Å²) < 4.78 is 13.5. The van der Waals surface area contributed by atoms with Crippen molar-refractivity contribution in [1.29, 1.82) is 0 Å². The molecule has 4 nitrogen and oxygen atoms in total. The fourth-order valence-corrected chi connectivity index (χ4v) is 2.05. The van der Waals surface area contributed by atoms with E-state index in [9.17, 15) is 19.4 Å². The summed E-state index contributed by atoms with van der Waals surface area (Å²) in [4.78, 5) is 12.0. The highest BCUT2D eigenvalue weighted by Crippen LogP contribution is 2.39. The maximum atomic E-state index is 13.5. The van der Waals surface area contributed by atoms with Gasteiger partial charge in [0.25, 0.3) is 5.91 Å². The Labute approximate surface area is 104 Å². The largest absolute Gasteiger partial charge is 0.507 e. The third-order valence-corrected chi connectivity index (χ3v) is 3.42. The summed E-state index contributed by atoms with van der Waals surface area (Å²) in [6.07, 6.45) is 1.86. The molecule has 0 unspecified atom stereocenters. The summed E-state index contributed by atoms with van der Waals surface area (Å²) in [6.45, 7) is 1.51. The number of amides is 1. The van der Waals surface area contributed by atoms with Gasteiger partial charge in [-0.25, -0.2) is 4.39 Å². The minimum absolute atomic E-state index is 0.209. The first-order valence-corrected chi connectivity index (χ1v) is 5.89. The smallest absolute Gasteiger partial charge is 0.258 e. The van der Waals surface area contributed by atoms with Gasteiger partial charge in [0.1, 0.15) is 17.1 Å². The maximum absolute atomic E-state index is 13.5. The SMILES string of the molecule is C[C@](CO)(NC(=O)c1c(O)cccc1F)C1CC1. The normalized spacial score (nSPS) is 18.2. The first-order valence-electron chi connectivity index (χ1n) is 5.89. The predicted octanol–water partition coefficient (Wildman–Crippen LogP) is 1.42. The Hall–Kier alpha value is -1.62. The van der Waals surface area contributed by atoms with Crippen molar-refractivity contribution in [3.63, 3.8) is 0 Å². The van der Waals surface area contributed by atoms with E-state index >= 15 is 0 Å². The highest BCUT2D eigenvalue weighted by Gasteiger charge is 2.42. The van der Waals surface area contributed by atoms with E-state index in [0.29, 0.717) is 0 Å². The molecule has 1 fully saturated rings. The molecule has 5 heteroatoms. The van der Waals surface area contributed by atoms with Crippen LogP contribution in [0.5, 0.6) is 5.75 Å². The fraction of sp³-hybridized carbons (Fsp3) is 0.462. The van der Waals surface area contributed by atoms with Crippen LogP contribution in [0.2, 0.25) is 0 Å². The summed E-state index contributed by atoms with van der Waals surface area (Å²) in [6, 6.07) is 3.70. The number of rotatable bonds is 4. The average molecular weight is 253 g/mol. The number of hydrogen-bond acceptors (Lipinski definition) is 3. The van der Waals surface area contributed by atoms with Gasteiger partial charge in [0.05, 0.1) is 12.1 Å². The molecule has 2 rings (SSSR count).